The summed E-state index contributed by atoms with van der Waals surface area (Å²) in [5.41, 5.74) is 5.89. The molecule has 0 saturated carbocycles. The van der Waals surface area contributed by atoms with Crippen molar-refractivity contribution in [2.75, 3.05) is 19.7 Å². The zero-order valence-electron chi connectivity index (χ0n) is 8.74. The number of nitrogens with two attached hydrogens (primary N) is 1. The van der Waals surface area contributed by atoms with E-state index >= 15 is 0 Å². The third kappa shape index (κ3) is 2.93. The molecule has 0 amide bonds. The summed E-state index contributed by atoms with van der Waals surface area (Å²) in [6.07, 6.45) is 2.30. The number of likely N-dealkylation sites (tertiary alicyclic amines) is 1. The maximum absolute atomic E-state index is 9.25. The van der Waals surface area contributed by atoms with Crippen molar-refractivity contribution in [2.45, 2.75) is 38.8 Å². The quantitative estimate of drug-likeness (QED) is 0.672. The average molecular weight is 186 g/mol. The van der Waals surface area contributed by atoms with Crippen molar-refractivity contribution in [3.05, 3.63) is 0 Å². The first-order valence-electron chi connectivity index (χ1n) is 5.25. The Bertz CT molecular complexity index is 150. The molecule has 3 N–H and O–H groups in total. The summed E-state index contributed by atoms with van der Waals surface area (Å²) in [6.45, 7) is 6.60. The van der Waals surface area contributed by atoms with Crippen LogP contribution in [0.2, 0.25) is 0 Å². The highest BCUT2D eigenvalue weighted by molar-refractivity contribution is 4.81. The van der Waals surface area contributed by atoms with Crippen LogP contribution < -0.4 is 5.73 Å². The van der Waals surface area contributed by atoms with Crippen molar-refractivity contribution in [2.24, 2.45) is 11.7 Å². The topological polar surface area (TPSA) is 49.5 Å². The van der Waals surface area contributed by atoms with E-state index in [9.17, 15) is 5.11 Å². The van der Waals surface area contributed by atoms with Gasteiger partial charge in [0.05, 0.1) is 6.61 Å². The van der Waals surface area contributed by atoms with Gasteiger partial charge in [-0.05, 0) is 25.3 Å². The van der Waals surface area contributed by atoms with Crippen LogP contribution >= 0.6 is 0 Å². The third-order valence-electron chi connectivity index (χ3n) is 2.91. The summed E-state index contributed by atoms with van der Waals surface area (Å²) in [5.74, 6) is 0.510. The number of nitrogens with zero attached hydrogens (tertiary/aromatic N) is 1. The lowest BCUT2D eigenvalue weighted by Crippen LogP contribution is -2.50. The lowest BCUT2D eigenvalue weighted by atomic mass is 9.98. The van der Waals surface area contributed by atoms with E-state index in [0.29, 0.717) is 18.0 Å². The van der Waals surface area contributed by atoms with E-state index in [-0.39, 0.29) is 6.61 Å². The van der Waals surface area contributed by atoms with E-state index in [0.717, 1.165) is 19.5 Å². The van der Waals surface area contributed by atoms with Crippen LogP contribution in [0.3, 0.4) is 0 Å². The Balaban J connectivity index is 2.47. The predicted molar refractivity (Wildman–Crippen MR) is 54.5 cm³/mol. The fourth-order valence-corrected chi connectivity index (χ4v) is 2.09. The van der Waals surface area contributed by atoms with Crippen LogP contribution in [-0.4, -0.2) is 41.8 Å². The van der Waals surface area contributed by atoms with E-state index in [1.54, 1.807) is 0 Å². The van der Waals surface area contributed by atoms with Crippen LogP contribution in [0.4, 0.5) is 0 Å². The van der Waals surface area contributed by atoms with Gasteiger partial charge in [0.25, 0.3) is 0 Å². The zero-order valence-corrected chi connectivity index (χ0v) is 8.74. The van der Waals surface area contributed by atoms with Gasteiger partial charge >= 0.3 is 0 Å². The molecule has 1 aliphatic rings. The second kappa shape index (κ2) is 4.94. The van der Waals surface area contributed by atoms with Crippen LogP contribution in [0, 0.1) is 5.92 Å². The molecule has 1 heterocycles. The van der Waals surface area contributed by atoms with Crippen molar-refractivity contribution < 1.29 is 5.11 Å². The van der Waals surface area contributed by atoms with Gasteiger partial charge in [0.1, 0.15) is 0 Å². The summed E-state index contributed by atoms with van der Waals surface area (Å²) in [4.78, 5) is 2.33. The minimum Gasteiger partial charge on any atom is -0.395 e. The lowest BCUT2D eigenvalue weighted by molar-refractivity contribution is 0.0686. The van der Waals surface area contributed by atoms with E-state index in [4.69, 9.17) is 5.73 Å². The molecule has 0 radical (unpaired) electrons. The molecule has 13 heavy (non-hydrogen) atoms. The Morgan fingerprint density at radius 2 is 2.23 bits per heavy atom. The molecular weight excluding hydrogens is 164 g/mol. The minimum absolute atomic E-state index is 0.254. The Morgan fingerprint density at radius 3 is 2.69 bits per heavy atom. The second-order valence-corrected chi connectivity index (χ2v) is 4.39. The molecule has 1 fully saturated rings. The smallest absolute Gasteiger partial charge is 0.0589 e. The van der Waals surface area contributed by atoms with E-state index < -0.39 is 0 Å². The molecule has 0 aromatic rings. The number of hydrogen-bond donors (Lipinski definition) is 2. The molecule has 3 heteroatoms. The van der Waals surface area contributed by atoms with E-state index in [1.165, 1.54) is 6.42 Å². The highest BCUT2D eigenvalue weighted by Gasteiger charge is 2.25. The normalized spacial score (nSPS) is 27.9. The molecule has 0 aromatic heterocycles. The van der Waals surface area contributed by atoms with Gasteiger partial charge < -0.3 is 10.8 Å². The van der Waals surface area contributed by atoms with Crippen LogP contribution in [0.25, 0.3) is 0 Å². The maximum atomic E-state index is 9.25. The molecule has 0 bridgehead atoms. The summed E-state index contributed by atoms with van der Waals surface area (Å²) >= 11 is 0. The number of aliphatic hydroxyl groups excluding tert-OH is 1. The molecule has 1 rings (SSSR count). The summed E-state index contributed by atoms with van der Waals surface area (Å²) < 4.78 is 0. The minimum atomic E-state index is 0.254. The molecule has 78 valence electrons. The lowest BCUT2D eigenvalue weighted by Gasteiger charge is -2.38. The summed E-state index contributed by atoms with van der Waals surface area (Å²) in [6, 6.07) is 0.605. The Morgan fingerprint density at radius 1 is 1.54 bits per heavy atom. The van der Waals surface area contributed by atoms with Crippen molar-refractivity contribution in [1.82, 2.24) is 4.90 Å². The fourth-order valence-electron chi connectivity index (χ4n) is 2.09. The van der Waals surface area contributed by atoms with E-state index in [2.05, 4.69) is 18.7 Å². The van der Waals surface area contributed by atoms with Crippen LogP contribution in [-0.2, 0) is 0 Å². The van der Waals surface area contributed by atoms with Crippen molar-refractivity contribution in [3.63, 3.8) is 0 Å². The van der Waals surface area contributed by atoms with Crippen LogP contribution in [0.5, 0.6) is 0 Å². The molecule has 1 aliphatic heterocycles. The molecule has 1 saturated heterocycles. The third-order valence-corrected chi connectivity index (χ3v) is 2.91. The largest absolute Gasteiger partial charge is 0.395 e. The summed E-state index contributed by atoms with van der Waals surface area (Å²) in [7, 11) is 0. The molecule has 2 atom stereocenters. The van der Waals surface area contributed by atoms with Gasteiger partial charge in [0.2, 0.25) is 0 Å². The first kappa shape index (κ1) is 11.0. The predicted octanol–water partition coefficient (Wildman–Crippen LogP) is 0.426. The SMILES string of the molecule is CC(C)[C@H](CO)N1CCC[C@H](N)C1. The van der Waals surface area contributed by atoms with Gasteiger partial charge in [0.15, 0.2) is 0 Å². The summed E-state index contributed by atoms with van der Waals surface area (Å²) in [5, 5.41) is 9.25. The van der Waals surface area contributed by atoms with Crippen molar-refractivity contribution in [1.29, 1.82) is 0 Å². The van der Waals surface area contributed by atoms with Gasteiger partial charge in [0, 0.05) is 18.6 Å². The molecule has 3 nitrogen and oxygen atoms in total. The maximum Gasteiger partial charge on any atom is 0.0589 e. The number of rotatable bonds is 3. The second-order valence-electron chi connectivity index (χ2n) is 4.39. The molecular formula is C10H22N2O. The number of piperidine rings is 1. The van der Waals surface area contributed by atoms with Gasteiger partial charge in [-0.25, -0.2) is 0 Å². The highest BCUT2D eigenvalue weighted by atomic mass is 16.3. The average Bonchev–Trinajstić information content (AvgIpc) is 2.04. The molecule has 0 spiro atoms. The van der Waals surface area contributed by atoms with Gasteiger partial charge in [-0.2, -0.15) is 0 Å². The monoisotopic (exact) mass is 186 g/mol. The van der Waals surface area contributed by atoms with Crippen molar-refractivity contribution in [3.8, 4) is 0 Å². The van der Waals surface area contributed by atoms with Crippen molar-refractivity contribution >= 4 is 0 Å². The number of hydrogen-bond acceptors (Lipinski definition) is 3. The Hall–Kier alpha value is -0.120. The van der Waals surface area contributed by atoms with E-state index in [1.807, 2.05) is 0 Å². The van der Waals surface area contributed by atoms with Crippen LogP contribution in [0.15, 0.2) is 0 Å². The first-order valence-corrected chi connectivity index (χ1v) is 5.25. The zero-order chi connectivity index (χ0) is 9.84. The van der Waals surface area contributed by atoms with Gasteiger partial charge in [-0.3, -0.25) is 4.90 Å². The highest BCUT2D eigenvalue weighted by Crippen LogP contribution is 2.16. The Kier molecular flexibility index (Phi) is 4.16. The molecule has 0 aromatic carbocycles. The van der Waals surface area contributed by atoms with Gasteiger partial charge in [-0.1, -0.05) is 13.8 Å². The number of aliphatic hydroxyl groups is 1. The standard InChI is InChI=1S/C10H22N2O/c1-8(2)10(7-13)12-5-3-4-9(11)6-12/h8-10,13H,3-7,11H2,1-2H3/t9-,10-/m0/s1. The van der Waals surface area contributed by atoms with Crippen LogP contribution in [0.1, 0.15) is 26.7 Å². The molecule has 0 unspecified atom stereocenters. The first-order chi connectivity index (χ1) is 6.15. The fraction of sp³-hybridized carbons (Fsp3) is 1.00. The molecule has 0 aliphatic carbocycles. The van der Waals surface area contributed by atoms with Gasteiger partial charge in [-0.15, -0.1) is 0 Å². The Labute approximate surface area is 80.9 Å².